The first-order valence-corrected chi connectivity index (χ1v) is 8.42. The predicted octanol–water partition coefficient (Wildman–Crippen LogP) is 2.31. The minimum absolute atomic E-state index is 0.0394. The SMILES string of the molecule is O=S(=O)(c1cnc(Cl)nc1)N1CCC(c2ccccc2)C1. The summed E-state index contributed by atoms with van der Waals surface area (Å²) in [5, 5.41) is 0.0394. The average molecular weight is 324 g/mol. The molecule has 0 amide bonds. The Morgan fingerprint density at radius 1 is 1.14 bits per heavy atom. The van der Waals surface area contributed by atoms with Gasteiger partial charge in [0.1, 0.15) is 4.90 Å². The van der Waals surface area contributed by atoms with Crippen molar-refractivity contribution in [2.75, 3.05) is 13.1 Å². The zero-order valence-electron chi connectivity index (χ0n) is 11.2. The molecule has 1 unspecified atom stereocenters. The summed E-state index contributed by atoms with van der Waals surface area (Å²) in [6.07, 6.45) is 3.32. The van der Waals surface area contributed by atoms with Gasteiger partial charge < -0.3 is 0 Å². The highest BCUT2D eigenvalue weighted by atomic mass is 35.5. The van der Waals surface area contributed by atoms with E-state index >= 15 is 0 Å². The third-order valence-electron chi connectivity index (χ3n) is 3.66. The second-order valence-electron chi connectivity index (χ2n) is 4.95. The Bertz CT molecular complexity index is 720. The molecule has 2 aromatic rings. The number of nitrogens with zero attached hydrogens (tertiary/aromatic N) is 3. The van der Waals surface area contributed by atoms with Crippen LogP contribution in [-0.4, -0.2) is 35.8 Å². The third-order valence-corrected chi connectivity index (χ3v) is 5.67. The average Bonchev–Trinajstić information content (AvgIpc) is 2.99. The van der Waals surface area contributed by atoms with Crippen molar-refractivity contribution < 1.29 is 8.42 Å². The van der Waals surface area contributed by atoms with Gasteiger partial charge in [-0.1, -0.05) is 30.3 Å². The second kappa shape index (κ2) is 5.71. The lowest BCUT2D eigenvalue weighted by Gasteiger charge is -2.16. The Hall–Kier alpha value is -1.50. The first-order valence-electron chi connectivity index (χ1n) is 6.60. The number of hydrogen-bond donors (Lipinski definition) is 0. The van der Waals surface area contributed by atoms with Crippen molar-refractivity contribution in [2.45, 2.75) is 17.2 Å². The van der Waals surface area contributed by atoms with Crippen LogP contribution in [0, 0.1) is 0 Å². The molecule has 110 valence electrons. The van der Waals surface area contributed by atoms with Crippen LogP contribution < -0.4 is 0 Å². The normalized spacial score (nSPS) is 19.8. The number of sulfonamides is 1. The van der Waals surface area contributed by atoms with E-state index in [0.29, 0.717) is 13.1 Å². The van der Waals surface area contributed by atoms with E-state index < -0.39 is 10.0 Å². The molecule has 21 heavy (non-hydrogen) atoms. The van der Waals surface area contributed by atoms with E-state index in [1.54, 1.807) is 0 Å². The topological polar surface area (TPSA) is 63.2 Å². The van der Waals surface area contributed by atoms with E-state index in [0.717, 1.165) is 6.42 Å². The van der Waals surface area contributed by atoms with Crippen LogP contribution in [0.3, 0.4) is 0 Å². The molecule has 1 aliphatic rings. The second-order valence-corrected chi connectivity index (χ2v) is 7.22. The Kier molecular flexibility index (Phi) is 3.93. The standard InChI is InChI=1S/C14H14ClN3O2S/c15-14-16-8-13(9-17-14)21(19,20)18-7-6-12(10-18)11-4-2-1-3-5-11/h1-5,8-9,12H,6-7,10H2. The highest BCUT2D eigenvalue weighted by Crippen LogP contribution is 2.30. The summed E-state index contributed by atoms with van der Waals surface area (Å²) < 4.78 is 26.5. The molecule has 1 aliphatic heterocycles. The van der Waals surface area contributed by atoms with Crippen LogP contribution in [0.2, 0.25) is 5.28 Å². The molecule has 7 heteroatoms. The molecule has 0 radical (unpaired) electrons. The van der Waals surface area contributed by atoms with E-state index in [4.69, 9.17) is 11.6 Å². The number of hydrogen-bond acceptors (Lipinski definition) is 4. The van der Waals surface area contributed by atoms with Gasteiger partial charge in [-0.25, -0.2) is 18.4 Å². The van der Waals surface area contributed by atoms with Crippen molar-refractivity contribution in [3.05, 3.63) is 53.6 Å². The molecular weight excluding hydrogens is 310 g/mol. The van der Waals surface area contributed by atoms with Crippen LogP contribution in [0.15, 0.2) is 47.6 Å². The summed E-state index contributed by atoms with van der Waals surface area (Å²) in [5.41, 5.74) is 1.17. The molecule has 1 atom stereocenters. The molecule has 0 bridgehead atoms. The van der Waals surface area contributed by atoms with Crippen molar-refractivity contribution in [1.29, 1.82) is 0 Å². The van der Waals surface area contributed by atoms with Crippen LogP contribution in [-0.2, 0) is 10.0 Å². The molecule has 1 fully saturated rings. The smallest absolute Gasteiger partial charge is 0.225 e. The summed E-state index contributed by atoms with van der Waals surface area (Å²) in [4.78, 5) is 7.57. The van der Waals surface area contributed by atoms with E-state index in [1.165, 1.54) is 22.3 Å². The Balaban J connectivity index is 1.81. The first-order chi connectivity index (χ1) is 10.1. The fourth-order valence-corrected chi connectivity index (χ4v) is 4.02. The van der Waals surface area contributed by atoms with E-state index in [1.807, 2.05) is 30.3 Å². The van der Waals surface area contributed by atoms with Crippen LogP contribution in [0.25, 0.3) is 0 Å². The summed E-state index contributed by atoms with van der Waals surface area (Å²) in [5.74, 6) is 0.231. The fraction of sp³-hybridized carbons (Fsp3) is 0.286. The van der Waals surface area contributed by atoms with Gasteiger partial charge in [-0.3, -0.25) is 0 Å². The number of rotatable bonds is 3. The lowest BCUT2D eigenvalue weighted by atomic mass is 9.99. The molecule has 1 aromatic carbocycles. The van der Waals surface area contributed by atoms with Gasteiger partial charge in [0.2, 0.25) is 15.3 Å². The third kappa shape index (κ3) is 2.92. The molecule has 0 spiro atoms. The van der Waals surface area contributed by atoms with Gasteiger partial charge in [0.25, 0.3) is 0 Å². The quantitative estimate of drug-likeness (QED) is 0.813. The largest absolute Gasteiger partial charge is 0.246 e. The Morgan fingerprint density at radius 3 is 2.48 bits per heavy atom. The minimum atomic E-state index is -3.55. The molecule has 3 rings (SSSR count). The minimum Gasteiger partial charge on any atom is -0.225 e. The highest BCUT2D eigenvalue weighted by Gasteiger charge is 2.33. The number of halogens is 1. The monoisotopic (exact) mass is 323 g/mol. The fourth-order valence-electron chi connectivity index (χ4n) is 2.53. The van der Waals surface area contributed by atoms with Gasteiger partial charge in [0.05, 0.1) is 12.4 Å². The van der Waals surface area contributed by atoms with Crippen molar-refractivity contribution in [1.82, 2.24) is 14.3 Å². The van der Waals surface area contributed by atoms with Crippen LogP contribution in [0.4, 0.5) is 0 Å². The van der Waals surface area contributed by atoms with Gasteiger partial charge >= 0.3 is 0 Å². The molecular formula is C14H14ClN3O2S. The maximum absolute atomic E-state index is 12.5. The van der Waals surface area contributed by atoms with Gasteiger partial charge in [-0.2, -0.15) is 4.31 Å². The predicted molar refractivity (Wildman–Crippen MR) is 79.6 cm³/mol. The van der Waals surface area contributed by atoms with Gasteiger partial charge in [-0.05, 0) is 29.5 Å². The molecule has 0 saturated carbocycles. The van der Waals surface area contributed by atoms with E-state index in [2.05, 4.69) is 9.97 Å². The van der Waals surface area contributed by atoms with Crippen LogP contribution >= 0.6 is 11.6 Å². The Morgan fingerprint density at radius 2 is 1.81 bits per heavy atom. The molecule has 0 aliphatic carbocycles. The van der Waals surface area contributed by atoms with Gasteiger partial charge in [-0.15, -0.1) is 0 Å². The zero-order valence-corrected chi connectivity index (χ0v) is 12.8. The van der Waals surface area contributed by atoms with Crippen LogP contribution in [0.1, 0.15) is 17.9 Å². The maximum Gasteiger partial charge on any atom is 0.246 e. The molecule has 0 N–H and O–H groups in total. The van der Waals surface area contributed by atoms with Crippen molar-refractivity contribution in [3.63, 3.8) is 0 Å². The number of benzene rings is 1. The first kappa shape index (κ1) is 14.4. The number of aromatic nitrogens is 2. The highest BCUT2D eigenvalue weighted by molar-refractivity contribution is 7.89. The maximum atomic E-state index is 12.5. The lowest BCUT2D eigenvalue weighted by Crippen LogP contribution is -2.28. The summed E-state index contributed by atoms with van der Waals surface area (Å²) in [6, 6.07) is 9.97. The van der Waals surface area contributed by atoms with Crippen LogP contribution in [0.5, 0.6) is 0 Å². The molecule has 2 heterocycles. The van der Waals surface area contributed by atoms with E-state index in [9.17, 15) is 8.42 Å². The van der Waals surface area contributed by atoms with Gasteiger partial charge in [0.15, 0.2) is 0 Å². The van der Waals surface area contributed by atoms with Gasteiger partial charge in [0, 0.05) is 13.1 Å². The zero-order chi connectivity index (χ0) is 14.9. The molecule has 1 aromatic heterocycles. The Labute approximate surface area is 128 Å². The molecule has 1 saturated heterocycles. The summed E-state index contributed by atoms with van der Waals surface area (Å²) in [6.45, 7) is 0.986. The van der Waals surface area contributed by atoms with Crippen molar-refractivity contribution in [2.24, 2.45) is 0 Å². The van der Waals surface area contributed by atoms with Crippen molar-refractivity contribution in [3.8, 4) is 0 Å². The summed E-state index contributed by atoms with van der Waals surface area (Å²) >= 11 is 5.59. The summed E-state index contributed by atoms with van der Waals surface area (Å²) in [7, 11) is -3.55. The van der Waals surface area contributed by atoms with Crippen molar-refractivity contribution >= 4 is 21.6 Å². The lowest BCUT2D eigenvalue weighted by molar-refractivity contribution is 0.472. The molecule has 5 nitrogen and oxygen atoms in total. The van der Waals surface area contributed by atoms with E-state index in [-0.39, 0.29) is 16.1 Å².